The van der Waals surface area contributed by atoms with E-state index in [2.05, 4.69) is 26.8 Å². The van der Waals surface area contributed by atoms with Gasteiger partial charge in [-0.25, -0.2) is 0 Å². The molecule has 1 rings (SSSR count). The van der Waals surface area contributed by atoms with Gasteiger partial charge in [-0.2, -0.15) is 0 Å². The van der Waals surface area contributed by atoms with Crippen molar-refractivity contribution in [3.8, 4) is 0 Å². The summed E-state index contributed by atoms with van der Waals surface area (Å²) in [5, 5.41) is 0. The Hall–Kier alpha value is -1.02. The van der Waals surface area contributed by atoms with E-state index in [0.29, 0.717) is 6.54 Å². The van der Waals surface area contributed by atoms with Crippen molar-refractivity contribution in [3.05, 3.63) is 35.3 Å². The highest BCUT2D eigenvalue weighted by Crippen LogP contribution is 2.18. The van der Waals surface area contributed by atoms with Gasteiger partial charge in [-0.3, -0.25) is 0 Å². The molecule has 1 aromatic heterocycles. The van der Waals surface area contributed by atoms with Crippen LogP contribution in [0, 0.1) is 5.92 Å². The average Bonchev–Trinajstić information content (AvgIpc) is 2.73. The summed E-state index contributed by atoms with van der Waals surface area (Å²) in [5.74, 6) is 1.70. The molecule has 0 fully saturated rings. The largest absolute Gasteiger partial charge is 0.468 e. The molecule has 1 heterocycles. The topological polar surface area (TPSA) is 39.2 Å². The first-order chi connectivity index (χ1) is 8.13. The van der Waals surface area contributed by atoms with Crippen LogP contribution in [0.3, 0.4) is 0 Å². The second kappa shape index (κ2) is 7.33. The van der Waals surface area contributed by atoms with Crippen LogP contribution in [0.2, 0.25) is 0 Å². The van der Waals surface area contributed by atoms with E-state index in [1.54, 1.807) is 6.26 Å². The van der Waals surface area contributed by atoms with Crippen LogP contribution in [0.5, 0.6) is 0 Å². The second-order valence-electron chi connectivity index (χ2n) is 5.08. The molecule has 0 saturated carbocycles. The van der Waals surface area contributed by atoms with Crippen molar-refractivity contribution in [2.24, 2.45) is 11.7 Å². The number of hydrogen-bond donors (Lipinski definition) is 1. The molecule has 2 N–H and O–H groups in total. The number of nitrogens with two attached hydrogens (primary N) is 1. The summed E-state index contributed by atoms with van der Waals surface area (Å²) < 4.78 is 5.32. The molecule has 96 valence electrons. The lowest BCUT2D eigenvalue weighted by Gasteiger charge is -2.09. The summed E-state index contributed by atoms with van der Waals surface area (Å²) >= 11 is 0. The summed E-state index contributed by atoms with van der Waals surface area (Å²) in [6.07, 6.45) is 8.81. The van der Waals surface area contributed by atoms with E-state index in [9.17, 15) is 0 Å². The SMILES string of the molecule is CC(C)=CCCC(C)CCc1ccoc1CN. The van der Waals surface area contributed by atoms with Crippen LogP contribution in [-0.4, -0.2) is 0 Å². The van der Waals surface area contributed by atoms with E-state index in [4.69, 9.17) is 10.2 Å². The summed E-state index contributed by atoms with van der Waals surface area (Å²) in [4.78, 5) is 0. The lowest BCUT2D eigenvalue weighted by molar-refractivity contribution is 0.482. The first-order valence-corrected chi connectivity index (χ1v) is 6.52. The van der Waals surface area contributed by atoms with Crippen LogP contribution in [-0.2, 0) is 13.0 Å². The number of hydrogen-bond acceptors (Lipinski definition) is 2. The van der Waals surface area contributed by atoms with Crippen LogP contribution >= 0.6 is 0 Å². The van der Waals surface area contributed by atoms with E-state index in [0.717, 1.165) is 18.1 Å². The molecular weight excluding hydrogens is 210 g/mol. The number of furan rings is 1. The monoisotopic (exact) mass is 235 g/mol. The molecule has 1 aromatic rings. The van der Waals surface area contributed by atoms with Gasteiger partial charge in [0, 0.05) is 0 Å². The minimum Gasteiger partial charge on any atom is -0.468 e. The van der Waals surface area contributed by atoms with Crippen molar-refractivity contribution in [2.45, 2.75) is 53.0 Å². The fraction of sp³-hybridized carbons (Fsp3) is 0.600. The molecule has 0 aliphatic carbocycles. The van der Waals surface area contributed by atoms with Gasteiger partial charge < -0.3 is 10.2 Å². The van der Waals surface area contributed by atoms with Crippen molar-refractivity contribution in [3.63, 3.8) is 0 Å². The summed E-state index contributed by atoms with van der Waals surface area (Å²) in [6.45, 7) is 7.14. The van der Waals surface area contributed by atoms with Gasteiger partial charge in [0.05, 0.1) is 12.8 Å². The van der Waals surface area contributed by atoms with Crippen LogP contribution in [0.15, 0.2) is 28.4 Å². The molecule has 17 heavy (non-hydrogen) atoms. The van der Waals surface area contributed by atoms with E-state index < -0.39 is 0 Å². The maximum absolute atomic E-state index is 5.61. The lowest BCUT2D eigenvalue weighted by Crippen LogP contribution is -2.01. The third-order valence-corrected chi connectivity index (χ3v) is 3.14. The van der Waals surface area contributed by atoms with Crippen molar-refractivity contribution < 1.29 is 4.42 Å². The van der Waals surface area contributed by atoms with Gasteiger partial charge >= 0.3 is 0 Å². The fourth-order valence-electron chi connectivity index (χ4n) is 1.97. The van der Waals surface area contributed by atoms with Crippen molar-refractivity contribution in [1.82, 2.24) is 0 Å². The first kappa shape index (κ1) is 14.0. The van der Waals surface area contributed by atoms with Gasteiger partial charge in [0.25, 0.3) is 0 Å². The normalized spacial score (nSPS) is 12.5. The molecule has 2 nitrogen and oxygen atoms in total. The molecule has 1 unspecified atom stereocenters. The van der Waals surface area contributed by atoms with Gasteiger partial charge in [0.2, 0.25) is 0 Å². The predicted octanol–water partition coefficient (Wildman–Crippen LogP) is 4.05. The molecule has 0 bridgehead atoms. The lowest BCUT2D eigenvalue weighted by atomic mass is 9.96. The maximum atomic E-state index is 5.61. The van der Waals surface area contributed by atoms with Crippen molar-refractivity contribution >= 4 is 0 Å². The highest BCUT2D eigenvalue weighted by Gasteiger charge is 2.07. The fourth-order valence-corrected chi connectivity index (χ4v) is 1.97. The molecule has 0 saturated heterocycles. The Bertz CT molecular complexity index is 348. The zero-order valence-corrected chi connectivity index (χ0v) is 11.3. The molecule has 0 spiro atoms. The van der Waals surface area contributed by atoms with Gasteiger partial charge in [-0.1, -0.05) is 18.6 Å². The Morgan fingerprint density at radius 2 is 2.18 bits per heavy atom. The average molecular weight is 235 g/mol. The van der Waals surface area contributed by atoms with Crippen LogP contribution < -0.4 is 5.73 Å². The van der Waals surface area contributed by atoms with Crippen LogP contribution in [0.1, 0.15) is 51.4 Å². The van der Waals surface area contributed by atoms with Gasteiger partial charge in [-0.15, -0.1) is 0 Å². The van der Waals surface area contributed by atoms with Crippen LogP contribution in [0.25, 0.3) is 0 Å². The Morgan fingerprint density at radius 3 is 2.82 bits per heavy atom. The molecule has 0 aromatic carbocycles. The highest BCUT2D eigenvalue weighted by atomic mass is 16.3. The maximum Gasteiger partial charge on any atom is 0.120 e. The van der Waals surface area contributed by atoms with E-state index >= 15 is 0 Å². The molecule has 0 aliphatic rings. The molecule has 0 aliphatic heterocycles. The third kappa shape index (κ3) is 5.22. The Labute approximate surface area is 105 Å². The summed E-state index contributed by atoms with van der Waals surface area (Å²) in [7, 11) is 0. The van der Waals surface area contributed by atoms with Crippen LogP contribution in [0.4, 0.5) is 0 Å². The predicted molar refractivity (Wildman–Crippen MR) is 72.7 cm³/mol. The second-order valence-corrected chi connectivity index (χ2v) is 5.08. The minimum absolute atomic E-state index is 0.508. The molecule has 1 atom stereocenters. The van der Waals surface area contributed by atoms with Crippen molar-refractivity contribution in [2.75, 3.05) is 0 Å². The first-order valence-electron chi connectivity index (χ1n) is 6.52. The zero-order valence-electron chi connectivity index (χ0n) is 11.3. The van der Waals surface area contributed by atoms with Crippen molar-refractivity contribution in [1.29, 1.82) is 0 Å². The van der Waals surface area contributed by atoms with E-state index in [1.165, 1.54) is 30.4 Å². The number of aryl methyl sites for hydroxylation is 1. The molecule has 2 heteroatoms. The number of allylic oxidation sites excluding steroid dienone is 2. The van der Waals surface area contributed by atoms with Gasteiger partial charge in [-0.05, 0) is 57.1 Å². The molecular formula is C15H25NO. The minimum atomic E-state index is 0.508. The van der Waals surface area contributed by atoms with E-state index in [1.807, 2.05) is 6.07 Å². The molecule has 0 amide bonds. The zero-order chi connectivity index (χ0) is 12.7. The van der Waals surface area contributed by atoms with Gasteiger partial charge in [0.1, 0.15) is 5.76 Å². The quantitative estimate of drug-likeness (QED) is 0.724. The highest BCUT2D eigenvalue weighted by molar-refractivity contribution is 5.16. The van der Waals surface area contributed by atoms with E-state index in [-0.39, 0.29) is 0 Å². The Kier molecular flexibility index (Phi) is 6.06. The summed E-state index contributed by atoms with van der Waals surface area (Å²) in [6, 6.07) is 2.05. The molecule has 0 radical (unpaired) electrons. The van der Waals surface area contributed by atoms with Gasteiger partial charge in [0.15, 0.2) is 0 Å². The summed E-state index contributed by atoms with van der Waals surface area (Å²) in [5.41, 5.74) is 8.31. The standard InChI is InChI=1S/C15H25NO/c1-12(2)5-4-6-13(3)7-8-14-9-10-17-15(14)11-16/h5,9-10,13H,4,6-8,11,16H2,1-3H3. The Balaban J connectivity index is 2.28. The smallest absolute Gasteiger partial charge is 0.120 e. The Morgan fingerprint density at radius 1 is 1.41 bits per heavy atom. The number of rotatable bonds is 7. The third-order valence-electron chi connectivity index (χ3n) is 3.14.